The number of thiophene rings is 2. The monoisotopic (exact) mass is 703 g/mol. The Bertz CT molecular complexity index is 4110. The zero-order chi connectivity index (χ0) is 48.3. The van der Waals surface area contributed by atoms with E-state index in [1.54, 1.807) is 12.1 Å². The predicted molar refractivity (Wildman–Crippen MR) is 216 cm³/mol. The van der Waals surface area contributed by atoms with Crippen LogP contribution < -0.4 is 0 Å². The van der Waals surface area contributed by atoms with Gasteiger partial charge in [-0.1, -0.05) is 127 Å². The first kappa shape index (κ1) is 16.7. The minimum atomic E-state index is -0.660. The first-order valence-electron chi connectivity index (χ1n) is 24.1. The van der Waals surface area contributed by atoms with E-state index in [4.69, 9.17) is 31.4 Å². The van der Waals surface area contributed by atoms with Crippen molar-refractivity contribution in [3.8, 4) is 39.9 Å². The second-order valence-electron chi connectivity index (χ2n) is 11.5. The predicted octanol–water partition coefficient (Wildman–Crippen LogP) is 12.7. The third kappa shape index (κ3) is 4.40. The Morgan fingerprint density at radius 3 is 1.84 bits per heavy atom. The molecule has 238 valence electrons. The SMILES string of the molecule is [2H]c1c([2H])c([2H])c2c(sc3c(-c4nc(-c5ccc(-c6ccccc6)cc5)nc(-n5c6c([2H])c([2H])c([2H])c([2H])c6c6c7sc8c([2H])c([2H])c([2H])c([2H])c8c7c([2H])c([2H])c65)n4)c([2H])c([2H])c([2H])c32)c1[2H]. The second kappa shape index (κ2) is 11.2. The van der Waals surface area contributed by atoms with Crippen LogP contribution in [0.3, 0.4) is 0 Å². The topological polar surface area (TPSA) is 43.6 Å². The summed E-state index contributed by atoms with van der Waals surface area (Å²) in [6, 6.07) is 7.75. The molecule has 0 spiro atoms. The smallest absolute Gasteiger partial charge is 0.238 e. The molecule has 0 aliphatic carbocycles. The van der Waals surface area contributed by atoms with Crippen LogP contribution >= 0.6 is 22.7 Å². The van der Waals surface area contributed by atoms with Crippen LogP contribution in [0.15, 0.2) is 157 Å². The molecule has 0 saturated carbocycles. The molecule has 0 aliphatic heterocycles. The summed E-state index contributed by atoms with van der Waals surface area (Å²) in [5, 5.41) is -0.205. The van der Waals surface area contributed by atoms with E-state index in [1.807, 2.05) is 42.5 Å². The Balaban J connectivity index is 1.33. The van der Waals surface area contributed by atoms with Gasteiger partial charge in [-0.15, -0.1) is 22.7 Å². The zero-order valence-electron chi connectivity index (χ0n) is 42.8. The van der Waals surface area contributed by atoms with Gasteiger partial charge in [0.25, 0.3) is 0 Å². The molecule has 0 saturated heterocycles. The van der Waals surface area contributed by atoms with Crippen LogP contribution in [0.4, 0.5) is 0 Å². The van der Waals surface area contributed by atoms with Gasteiger partial charge in [0.15, 0.2) is 11.6 Å². The van der Waals surface area contributed by atoms with Gasteiger partial charge >= 0.3 is 0 Å². The maximum Gasteiger partial charge on any atom is 0.238 e. The molecule has 4 aromatic heterocycles. The van der Waals surface area contributed by atoms with Gasteiger partial charge in [-0.25, -0.2) is 4.98 Å². The largest absolute Gasteiger partial charge is 0.278 e. The lowest BCUT2D eigenvalue weighted by Crippen LogP contribution is -2.06. The molecular weight excluding hydrogens is 661 g/mol. The normalized spacial score (nSPS) is 16.6. The molecule has 0 bridgehead atoms. The highest BCUT2D eigenvalue weighted by Crippen LogP contribution is 2.44. The maximum absolute atomic E-state index is 9.62. The molecule has 4 heterocycles. The van der Waals surface area contributed by atoms with E-state index in [0.29, 0.717) is 5.56 Å². The molecule has 0 N–H and O–H groups in total. The molecule has 11 aromatic rings. The van der Waals surface area contributed by atoms with Crippen LogP contribution in [0.1, 0.15) is 23.3 Å². The Labute approximate surface area is 324 Å². The Hall–Kier alpha value is -6.21. The molecule has 0 fully saturated rings. The molecule has 0 amide bonds. The van der Waals surface area contributed by atoms with Crippen molar-refractivity contribution in [1.82, 2.24) is 19.5 Å². The molecule has 6 heteroatoms. The highest BCUT2D eigenvalue weighted by molar-refractivity contribution is 7.27. The minimum absolute atomic E-state index is 0.0184. The molecule has 0 unspecified atom stereocenters. The number of para-hydroxylation sites is 1. The third-order valence-electron chi connectivity index (χ3n) is 8.70. The van der Waals surface area contributed by atoms with Gasteiger partial charge in [0.1, 0.15) is 0 Å². The van der Waals surface area contributed by atoms with Crippen LogP contribution in [0.5, 0.6) is 0 Å². The average Bonchev–Trinajstić information content (AvgIpc) is 4.05. The molecule has 0 aliphatic rings. The number of hydrogen-bond donors (Lipinski definition) is 0. The number of hydrogen-bond acceptors (Lipinski definition) is 5. The fraction of sp³-hybridized carbons (Fsp3) is 0. The van der Waals surface area contributed by atoms with Gasteiger partial charge in [0.05, 0.1) is 34.3 Å². The van der Waals surface area contributed by atoms with Gasteiger partial charge in [0, 0.05) is 62.2 Å². The van der Waals surface area contributed by atoms with E-state index in [9.17, 15) is 6.85 Å². The molecule has 0 radical (unpaired) electrons. The van der Waals surface area contributed by atoms with E-state index in [0.717, 1.165) is 33.8 Å². The van der Waals surface area contributed by atoms with Crippen molar-refractivity contribution in [3.63, 3.8) is 0 Å². The summed E-state index contributed by atoms with van der Waals surface area (Å²) >= 11 is 1.75. The van der Waals surface area contributed by atoms with Crippen LogP contribution in [0.2, 0.25) is 0 Å². The maximum atomic E-state index is 9.62. The standard InChI is InChI=1S/C45H26N4S2/c1-2-11-27(12-3-1)28-21-23-29(24-22-28)43-46-44(35-17-10-16-32-30-13-5-8-19-38(30)50-41(32)35)48-45(47-43)49-36-18-7-4-15-34(36)40-37(49)26-25-33-31-14-6-9-20-39(31)51-42(33)40/h1-26H/i4D,5D,6D,7D,8D,9D,10D,13D,14D,15D,16D,17D,18D,19D,20D,25D,26D. The number of fused-ring (bicyclic) bond motifs is 10. The van der Waals surface area contributed by atoms with E-state index in [-0.39, 0.29) is 85.3 Å². The fourth-order valence-corrected chi connectivity index (χ4v) is 8.59. The van der Waals surface area contributed by atoms with Crippen molar-refractivity contribution in [1.29, 1.82) is 0 Å². The number of aromatic nitrogens is 4. The van der Waals surface area contributed by atoms with Crippen molar-refractivity contribution in [3.05, 3.63) is 157 Å². The number of benzene rings is 7. The van der Waals surface area contributed by atoms with Gasteiger partial charge in [-0.05, 0) is 41.3 Å². The summed E-state index contributed by atoms with van der Waals surface area (Å²) in [5.74, 6) is -0.703. The highest BCUT2D eigenvalue weighted by Gasteiger charge is 2.21. The first-order valence-corrected chi connectivity index (χ1v) is 17.2. The summed E-state index contributed by atoms with van der Waals surface area (Å²) in [6.07, 6.45) is 0. The second-order valence-corrected chi connectivity index (χ2v) is 13.6. The molecule has 0 atom stereocenters. The number of rotatable bonds is 4. The van der Waals surface area contributed by atoms with E-state index >= 15 is 0 Å². The Kier molecular flexibility index (Phi) is 3.64. The lowest BCUT2D eigenvalue weighted by molar-refractivity contribution is 0.955. The lowest BCUT2D eigenvalue weighted by atomic mass is 10.0. The van der Waals surface area contributed by atoms with E-state index in [2.05, 4.69) is 0 Å². The average molecular weight is 704 g/mol. The van der Waals surface area contributed by atoms with Crippen molar-refractivity contribution in [2.75, 3.05) is 0 Å². The molecular formula is C45H26N4S2. The molecule has 11 rings (SSSR count). The molecule has 51 heavy (non-hydrogen) atoms. The van der Waals surface area contributed by atoms with E-state index < -0.39 is 103 Å². The molecule has 4 nitrogen and oxygen atoms in total. The Morgan fingerprint density at radius 2 is 1.06 bits per heavy atom. The van der Waals surface area contributed by atoms with Crippen LogP contribution in [-0.2, 0) is 0 Å². The van der Waals surface area contributed by atoms with Gasteiger partial charge in [0.2, 0.25) is 5.95 Å². The minimum Gasteiger partial charge on any atom is -0.278 e. The first-order chi connectivity index (χ1) is 32.3. The summed E-state index contributed by atoms with van der Waals surface area (Å²) in [6.45, 7) is 0. The molecule has 7 aromatic carbocycles. The highest BCUT2D eigenvalue weighted by atomic mass is 32.1. The summed E-state index contributed by atoms with van der Waals surface area (Å²) in [7, 11) is 0. The summed E-state index contributed by atoms with van der Waals surface area (Å²) in [4.78, 5) is 14.6. The summed E-state index contributed by atoms with van der Waals surface area (Å²) < 4.78 is 153. The van der Waals surface area contributed by atoms with Crippen LogP contribution in [-0.4, -0.2) is 19.5 Å². The van der Waals surface area contributed by atoms with Gasteiger partial charge < -0.3 is 0 Å². The zero-order valence-corrected chi connectivity index (χ0v) is 27.4. The Morgan fingerprint density at radius 1 is 0.451 bits per heavy atom. The lowest BCUT2D eigenvalue weighted by Gasteiger charge is -2.12. The van der Waals surface area contributed by atoms with Crippen molar-refractivity contribution < 1.29 is 23.3 Å². The van der Waals surface area contributed by atoms with Crippen molar-refractivity contribution >= 4 is 84.8 Å². The van der Waals surface area contributed by atoms with Gasteiger partial charge in [-0.3, -0.25) is 4.57 Å². The van der Waals surface area contributed by atoms with Crippen LogP contribution in [0.25, 0.3) is 102 Å². The van der Waals surface area contributed by atoms with Crippen LogP contribution in [0, 0.1) is 0 Å². The third-order valence-corrected chi connectivity index (χ3v) is 10.9. The number of nitrogens with zero attached hydrogens (tertiary/aromatic N) is 4. The van der Waals surface area contributed by atoms with Crippen molar-refractivity contribution in [2.24, 2.45) is 0 Å². The summed E-state index contributed by atoms with van der Waals surface area (Å²) in [5.41, 5.74) is 1.60. The fourth-order valence-electron chi connectivity index (χ4n) is 6.41. The quantitative estimate of drug-likeness (QED) is 0.183. The van der Waals surface area contributed by atoms with Gasteiger partial charge in [-0.2, -0.15) is 9.97 Å². The van der Waals surface area contributed by atoms with Crippen molar-refractivity contribution in [2.45, 2.75) is 0 Å². The van der Waals surface area contributed by atoms with E-state index in [1.165, 1.54) is 4.57 Å².